The van der Waals surface area contributed by atoms with Crippen molar-refractivity contribution in [2.75, 3.05) is 30.3 Å². The number of hydrogen-bond acceptors (Lipinski definition) is 7. The standard InChI is InChI=1S/C15H21N5S.C2HF3O2/c16-7-9-5-6-20(8-9)14-13-12(18-15(17)19-14)10-3-1-2-4-11(10)21-13;3-2(4,5)1(6)7/h9H,1-8,16H2,(H2,17,18,19);(H,6,7)/t9-;/m1./s1. The molecule has 3 heterocycles. The molecule has 5 N–H and O–H groups in total. The number of hydrogen-bond donors (Lipinski definition) is 3. The van der Waals surface area contributed by atoms with Gasteiger partial charge in [0.05, 0.1) is 10.2 Å². The van der Waals surface area contributed by atoms with E-state index in [1.807, 2.05) is 11.3 Å². The summed E-state index contributed by atoms with van der Waals surface area (Å²) in [6.45, 7) is 2.77. The lowest BCUT2D eigenvalue weighted by molar-refractivity contribution is -0.192. The van der Waals surface area contributed by atoms with Crippen molar-refractivity contribution in [3.8, 4) is 0 Å². The molecule has 0 amide bonds. The summed E-state index contributed by atoms with van der Waals surface area (Å²) in [5, 5.41) is 7.12. The van der Waals surface area contributed by atoms with Crippen LogP contribution in [0.15, 0.2) is 0 Å². The number of rotatable bonds is 2. The Morgan fingerprint density at radius 1 is 1.29 bits per heavy atom. The number of halogens is 3. The first-order valence-corrected chi connectivity index (χ1v) is 9.85. The molecule has 2 aliphatic rings. The fourth-order valence-electron chi connectivity index (χ4n) is 3.55. The monoisotopic (exact) mass is 417 g/mol. The van der Waals surface area contributed by atoms with Gasteiger partial charge in [0.2, 0.25) is 5.95 Å². The molecular formula is C17H22F3N5O2S. The van der Waals surface area contributed by atoms with Crippen LogP contribution in [-0.2, 0) is 17.6 Å². The maximum atomic E-state index is 10.6. The summed E-state index contributed by atoms with van der Waals surface area (Å²) in [6.07, 6.45) is 0.929. The highest BCUT2D eigenvalue weighted by molar-refractivity contribution is 7.19. The van der Waals surface area contributed by atoms with Gasteiger partial charge in [-0.15, -0.1) is 11.3 Å². The van der Waals surface area contributed by atoms with E-state index in [1.165, 1.54) is 34.4 Å². The smallest absolute Gasteiger partial charge is 0.475 e. The number of nitrogens with two attached hydrogens (primary N) is 2. The molecule has 1 aliphatic carbocycles. The average molecular weight is 417 g/mol. The molecular weight excluding hydrogens is 395 g/mol. The molecule has 0 radical (unpaired) electrons. The third-order valence-corrected chi connectivity index (χ3v) is 6.23. The van der Waals surface area contributed by atoms with Gasteiger partial charge in [-0.1, -0.05) is 0 Å². The van der Waals surface area contributed by atoms with Crippen molar-refractivity contribution in [1.29, 1.82) is 0 Å². The van der Waals surface area contributed by atoms with E-state index in [9.17, 15) is 13.2 Å². The summed E-state index contributed by atoms with van der Waals surface area (Å²) in [5.41, 5.74) is 14.3. The number of aliphatic carboxylic acids is 1. The van der Waals surface area contributed by atoms with Crippen LogP contribution in [0.5, 0.6) is 0 Å². The molecule has 2 aromatic rings. The predicted octanol–water partition coefficient (Wildman–Crippen LogP) is 2.57. The van der Waals surface area contributed by atoms with Crippen molar-refractivity contribution < 1.29 is 23.1 Å². The van der Waals surface area contributed by atoms with Crippen molar-refractivity contribution in [1.82, 2.24) is 9.97 Å². The quantitative estimate of drug-likeness (QED) is 0.687. The summed E-state index contributed by atoms with van der Waals surface area (Å²) >= 11 is 1.88. The van der Waals surface area contributed by atoms with Crippen molar-refractivity contribution in [3.63, 3.8) is 0 Å². The number of alkyl halides is 3. The molecule has 11 heteroatoms. The molecule has 154 valence electrons. The number of thiophene rings is 1. The second kappa shape index (κ2) is 8.08. The second-order valence-electron chi connectivity index (χ2n) is 6.93. The van der Waals surface area contributed by atoms with E-state index in [1.54, 1.807) is 0 Å². The van der Waals surface area contributed by atoms with Gasteiger partial charge in [0.1, 0.15) is 0 Å². The van der Waals surface area contributed by atoms with Gasteiger partial charge in [-0.05, 0) is 50.1 Å². The van der Waals surface area contributed by atoms with Crippen LogP contribution in [-0.4, -0.2) is 46.9 Å². The van der Waals surface area contributed by atoms with Crippen LogP contribution in [0.1, 0.15) is 29.7 Å². The minimum atomic E-state index is -5.08. The second-order valence-corrected chi connectivity index (χ2v) is 8.04. The zero-order valence-electron chi connectivity index (χ0n) is 15.1. The predicted molar refractivity (Wildman–Crippen MR) is 102 cm³/mol. The Morgan fingerprint density at radius 2 is 1.96 bits per heavy atom. The molecule has 0 saturated carbocycles. The SMILES string of the molecule is NC[C@H]1CCN(c2nc(N)nc3c4c(sc23)CCCC4)C1.O=C(O)C(F)(F)F. The lowest BCUT2D eigenvalue weighted by Gasteiger charge is -2.18. The van der Waals surface area contributed by atoms with Crippen LogP contribution in [0.4, 0.5) is 24.9 Å². The molecule has 0 unspecified atom stereocenters. The third kappa shape index (κ3) is 4.30. The van der Waals surface area contributed by atoms with Gasteiger partial charge < -0.3 is 21.5 Å². The van der Waals surface area contributed by atoms with Gasteiger partial charge in [-0.2, -0.15) is 18.2 Å². The lowest BCUT2D eigenvalue weighted by Crippen LogP contribution is -2.24. The van der Waals surface area contributed by atoms with Crippen LogP contribution in [0, 0.1) is 5.92 Å². The Bertz CT molecular complexity index is 871. The minimum Gasteiger partial charge on any atom is -0.475 e. The molecule has 1 atom stereocenters. The van der Waals surface area contributed by atoms with E-state index in [2.05, 4.69) is 14.9 Å². The van der Waals surface area contributed by atoms with Crippen LogP contribution >= 0.6 is 11.3 Å². The Morgan fingerprint density at radius 3 is 2.57 bits per heavy atom. The van der Waals surface area contributed by atoms with E-state index >= 15 is 0 Å². The van der Waals surface area contributed by atoms with E-state index < -0.39 is 12.1 Å². The molecule has 4 rings (SSSR count). The van der Waals surface area contributed by atoms with Crippen LogP contribution in [0.3, 0.4) is 0 Å². The molecule has 28 heavy (non-hydrogen) atoms. The lowest BCUT2D eigenvalue weighted by atomic mass is 9.98. The summed E-state index contributed by atoms with van der Waals surface area (Å²) < 4.78 is 33.0. The molecule has 2 aromatic heterocycles. The molecule has 1 aliphatic heterocycles. The highest BCUT2D eigenvalue weighted by Gasteiger charge is 2.38. The van der Waals surface area contributed by atoms with Gasteiger partial charge in [0.15, 0.2) is 5.82 Å². The number of anilines is 2. The summed E-state index contributed by atoms with van der Waals surface area (Å²) in [4.78, 5) is 21.8. The molecule has 0 bridgehead atoms. The maximum Gasteiger partial charge on any atom is 0.490 e. The van der Waals surface area contributed by atoms with Crippen molar-refractivity contribution in [2.24, 2.45) is 11.7 Å². The topological polar surface area (TPSA) is 118 Å². The van der Waals surface area contributed by atoms with Gasteiger partial charge in [-0.3, -0.25) is 0 Å². The van der Waals surface area contributed by atoms with Gasteiger partial charge in [-0.25, -0.2) is 9.78 Å². The van der Waals surface area contributed by atoms with Gasteiger partial charge in [0.25, 0.3) is 0 Å². The normalized spacial score (nSPS) is 19.3. The fourth-order valence-corrected chi connectivity index (χ4v) is 4.90. The Kier molecular flexibility index (Phi) is 5.94. The first-order chi connectivity index (χ1) is 13.2. The highest BCUT2D eigenvalue weighted by atomic mass is 32.1. The molecule has 0 spiro atoms. The molecule has 1 saturated heterocycles. The van der Waals surface area contributed by atoms with Crippen LogP contribution < -0.4 is 16.4 Å². The first-order valence-electron chi connectivity index (χ1n) is 9.03. The van der Waals surface area contributed by atoms with Crippen LogP contribution in [0.25, 0.3) is 10.2 Å². The first kappa shape index (κ1) is 20.6. The highest BCUT2D eigenvalue weighted by Crippen LogP contribution is 2.40. The summed E-state index contributed by atoms with van der Waals surface area (Å²) in [6, 6.07) is 0. The number of nitrogens with zero attached hydrogens (tertiary/aromatic N) is 3. The van der Waals surface area contributed by atoms with Crippen molar-refractivity contribution in [3.05, 3.63) is 10.4 Å². The number of carboxylic acid groups (broad SMARTS) is 1. The average Bonchev–Trinajstić information content (AvgIpc) is 3.25. The third-order valence-electron chi connectivity index (χ3n) is 4.95. The van der Waals surface area contributed by atoms with Crippen molar-refractivity contribution >= 4 is 39.3 Å². The Balaban J connectivity index is 0.000000279. The number of carbonyl (C=O) groups is 1. The van der Waals surface area contributed by atoms with E-state index in [-0.39, 0.29) is 0 Å². The summed E-state index contributed by atoms with van der Waals surface area (Å²) in [7, 11) is 0. The Labute approximate surface area is 163 Å². The van der Waals surface area contributed by atoms with E-state index in [4.69, 9.17) is 21.4 Å². The number of fused-ring (bicyclic) bond motifs is 3. The largest absolute Gasteiger partial charge is 0.490 e. The zero-order valence-corrected chi connectivity index (χ0v) is 15.9. The van der Waals surface area contributed by atoms with Gasteiger partial charge in [0, 0.05) is 18.0 Å². The van der Waals surface area contributed by atoms with Crippen molar-refractivity contribution in [2.45, 2.75) is 38.3 Å². The fraction of sp³-hybridized carbons (Fsp3) is 0.588. The number of carboxylic acids is 1. The number of nitrogen functional groups attached to an aromatic ring is 1. The minimum absolute atomic E-state index is 0.403. The summed E-state index contributed by atoms with van der Waals surface area (Å²) in [5.74, 6) is -0.744. The Hall–Kier alpha value is -2.14. The maximum absolute atomic E-state index is 10.6. The van der Waals surface area contributed by atoms with Crippen LogP contribution in [0.2, 0.25) is 0 Å². The molecule has 0 aromatic carbocycles. The molecule has 7 nitrogen and oxygen atoms in total. The number of aryl methyl sites for hydroxylation is 2. The number of aromatic nitrogens is 2. The molecule has 1 fully saturated rings. The van der Waals surface area contributed by atoms with E-state index in [0.717, 1.165) is 43.8 Å². The zero-order chi connectivity index (χ0) is 20.5. The van der Waals surface area contributed by atoms with Gasteiger partial charge >= 0.3 is 12.1 Å². The van der Waals surface area contributed by atoms with E-state index in [0.29, 0.717) is 11.9 Å².